The van der Waals surface area contributed by atoms with E-state index in [0.29, 0.717) is 0 Å². The predicted molar refractivity (Wildman–Crippen MR) is 90.4 cm³/mol. The third-order valence-corrected chi connectivity index (χ3v) is 8.60. The van der Waals surface area contributed by atoms with Gasteiger partial charge in [-0.2, -0.15) is 0 Å². The lowest BCUT2D eigenvalue weighted by atomic mass is 9.84. The highest BCUT2D eigenvalue weighted by Gasteiger charge is 2.45. The van der Waals surface area contributed by atoms with E-state index < -0.39 is 36.2 Å². The molecule has 126 valence electrons. The Labute approximate surface area is 133 Å². The van der Waals surface area contributed by atoms with Gasteiger partial charge in [0.25, 0.3) is 0 Å². The number of hydrogen-bond donors (Lipinski definition) is 1. The zero-order chi connectivity index (χ0) is 16.5. The van der Waals surface area contributed by atoms with Gasteiger partial charge in [-0.3, -0.25) is 0 Å². The van der Waals surface area contributed by atoms with E-state index in [1.807, 2.05) is 20.8 Å². The summed E-state index contributed by atoms with van der Waals surface area (Å²) in [4.78, 5) is 0. The van der Waals surface area contributed by atoms with Crippen molar-refractivity contribution in [3.05, 3.63) is 0 Å². The molecule has 1 rings (SSSR count). The van der Waals surface area contributed by atoms with Crippen LogP contribution < -0.4 is 4.72 Å². The fourth-order valence-electron chi connectivity index (χ4n) is 2.43. The molecule has 0 heterocycles. The normalized spacial score (nSPS) is 22.0. The Hall–Kier alpha value is 0.220. The molecule has 0 spiro atoms. The summed E-state index contributed by atoms with van der Waals surface area (Å²) in [6, 6.07) is 0. The molecule has 0 amide bonds. The van der Waals surface area contributed by atoms with E-state index in [1.165, 1.54) is 0 Å². The van der Waals surface area contributed by atoms with Crippen LogP contribution in [0.25, 0.3) is 0 Å². The maximum atomic E-state index is 12.6. The summed E-state index contributed by atoms with van der Waals surface area (Å²) in [7, 11) is -3.24. The Kier molecular flexibility index (Phi) is 5.85. The number of sulfone groups is 1. The van der Waals surface area contributed by atoms with E-state index >= 15 is 0 Å². The van der Waals surface area contributed by atoms with Crippen LogP contribution >= 0.6 is 0 Å². The Morgan fingerprint density at radius 1 is 1.05 bits per heavy atom. The maximum Gasteiger partial charge on any atom is 0.157 e. The fraction of sp³-hybridized carbons (Fsp3) is 1.00. The van der Waals surface area contributed by atoms with Crippen LogP contribution in [0, 0.1) is 0 Å². The monoisotopic (exact) mass is 337 g/mol. The first kappa shape index (κ1) is 19.3. The topological polar surface area (TPSA) is 69.2 Å². The number of rotatable bonds is 4. The fourth-order valence-corrected chi connectivity index (χ4v) is 5.02. The van der Waals surface area contributed by atoms with Crippen LogP contribution in [0.5, 0.6) is 0 Å². The Morgan fingerprint density at radius 2 is 1.52 bits per heavy atom. The summed E-state index contributed by atoms with van der Waals surface area (Å²) in [5, 5.41) is 0. The summed E-state index contributed by atoms with van der Waals surface area (Å²) in [6.45, 7) is 10.9. The highest BCUT2D eigenvalue weighted by Crippen LogP contribution is 2.34. The van der Waals surface area contributed by atoms with Gasteiger partial charge in [-0.25, -0.2) is 8.42 Å². The molecule has 1 aliphatic carbocycles. The average molecular weight is 338 g/mol. The van der Waals surface area contributed by atoms with Gasteiger partial charge in [0.15, 0.2) is 9.84 Å². The van der Waals surface area contributed by atoms with Crippen LogP contribution in [0.1, 0.15) is 73.6 Å². The van der Waals surface area contributed by atoms with E-state index in [0.717, 1.165) is 32.1 Å². The lowest BCUT2D eigenvalue weighted by molar-refractivity contribution is 0.292. The molecule has 0 radical (unpaired) electrons. The van der Waals surface area contributed by atoms with E-state index in [4.69, 9.17) is 0 Å². The first-order valence-corrected chi connectivity index (χ1v) is 10.5. The third kappa shape index (κ3) is 5.12. The van der Waals surface area contributed by atoms with Gasteiger partial charge < -0.3 is 4.55 Å². The van der Waals surface area contributed by atoms with E-state index in [1.54, 1.807) is 20.8 Å². The Bertz CT molecular complexity index is 441. The third-order valence-electron chi connectivity index (χ3n) is 4.08. The van der Waals surface area contributed by atoms with Crippen molar-refractivity contribution in [1.29, 1.82) is 0 Å². The molecule has 1 unspecified atom stereocenters. The summed E-state index contributed by atoms with van der Waals surface area (Å²) in [5.74, 6) is 0.0747. The minimum atomic E-state index is -3.24. The van der Waals surface area contributed by atoms with Crippen LogP contribution in [-0.2, 0) is 21.2 Å². The smallest absolute Gasteiger partial charge is 0.157 e. The molecule has 1 fully saturated rings. The molecule has 0 aromatic heterocycles. The first-order valence-electron chi connectivity index (χ1n) is 7.71. The Balaban J connectivity index is 3.00. The van der Waals surface area contributed by atoms with Gasteiger partial charge in [-0.1, -0.05) is 19.3 Å². The second-order valence-corrected chi connectivity index (χ2v) is 12.9. The standard InChI is InChI=1S/C15H31NO3S2/c1-13(2,3)20(17)16-15(10-8-7-9-11-15)12-21(18,19)14(4,5)6/h16H,7-12H2,1-6H3. The van der Waals surface area contributed by atoms with Crippen molar-refractivity contribution in [3.8, 4) is 0 Å². The van der Waals surface area contributed by atoms with Gasteiger partial charge in [0.1, 0.15) is 4.75 Å². The largest absolute Gasteiger partial charge is 0.598 e. The van der Waals surface area contributed by atoms with Crippen LogP contribution in [-0.4, -0.2) is 33.8 Å². The molecule has 0 bridgehead atoms. The molecule has 0 saturated heterocycles. The molecule has 6 heteroatoms. The predicted octanol–water partition coefficient (Wildman–Crippen LogP) is 2.95. The van der Waals surface area contributed by atoms with Crippen LogP contribution in [0.3, 0.4) is 0 Å². The molecular formula is C15H31NO3S2. The second kappa shape index (κ2) is 6.38. The van der Waals surface area contributed by atoms with Crippen molar-refractivity contribution in [1.82, 2.24) is 4.72 Å². The average Bonchev–Trinajstić information content (AvgIpc) is 2.26. The van der Waals surface area contributed by atoms with Crippen molar-refractivity contribution in [2.45, 2.75) is 88.7 Å². The number of nitrogens with one attached hydrogen (secondary N) is 1. The van der Waals surface area contributed by atoms with Gasteiger partial charge in [-0.15, -0.1) is 4.72 Å². The summed E-state index contributed by atoms with van der Waals surface area (Å²) < 4.78 is 39.7. The highest BCUT2D eigenvalue weighted by molar-refractivity contribution is 7.93. The molecule has 1 N–H and O–H groups in total. The van der Waals surface area contributed by atoms with Gasteiger partial charge in [0.2, 0.25) is 0 Å². The molecule has 21 heavy (non-hydrogen) atoms. The quantitative estimate of drug-likeness (QED) is 0.801. The zero-order valence-corrected chi connectivity index (χ0v) is 15.9. The molecule has 1 aliphatic rings. The highest BCUT2D eigenvalue weighted by atomic mass is 32.2. The van der Waals surface area contributed by atoms with E-state index in [9.17, 15) is 13.0 Å². The lowest BCUT2D eigenvalue weighted by Gasteiger charge is -2.40. The molecule has 4 nitrogen and oxygen atoms in total. The van der Waals surface area contributed by atoms with Crippen LogP contribution in [0.15, 0.2) is 0 Å². The Morgan fingerprint density at radius 3 is 1.90 bits per heavy atom. The molecule has 0 aliphatic heterocycles. The van der Waals surface area contributed by atoms with Crippen molar-refractivity contribution in [2.75, 3.05) is 5.75 Å². The molecular weight excluding hydrogens is 306 g/mol. The first-order chi connectivity index (χ1) is 9.29. The second-order valence-electron chi connectivity index (χ2n) is 8.20. The van der Waals surface area contributed by atoms with E-state index in [-0.39, 0.29) is 5.75 Å². The molecule has 1 saturated carbocycles. The van der Waals surface area contributed by atoms with Gasteiger partial charge in [0, 0.05) is 11.4 Å². The van der Waals surface area contributed by atoms with Gasteiger partial charge >= 0.3 is 0 Å². The SMILES string of the molecule is CC(C)(C)[S+]([O-])NC1(CS(=O)(=O)C(C)(C)C)CCCCC1. The maximum absolute atomic E-state index is 12.6. The lowest BCUT2D eigenvalue weighted by Crippen LogP contribution is -2.58. The van der Waals surface area contributed by atoms with E-state index in [2.05, 4.69) is 4.72 Å². The van der Waals surface area contributed by atoms with Crippen molar-refractivity contribution >= 4 is 21.2 Å². The van der Waals surface area contributed by atoms with Crippen molar-refractivity contribution < 1.29 is 13.0 Å². The van der Waals surface area contributed by atoms with Gasteiger partial charge in [-0.05, 0) is 54.4 Å². The van der Waals surface area contributed by atoms with Crippen molar-refractivity contribution in [3.63, 3.8) is 0 Å². The minimum Gasteiger partial charge on any atom is -0.598 e. The summed E-state index contributed by atoms with van der Waals surface area (Å²) in [5.41, 5.74) is -0.539. The van der Waals surface area contributed by atoms with Crippen LogP contribution in [0.4, 0.5) is 0 Å². The minimum absolute atomic E-state index is 0.0747. The van der Waals surface area contributed by atoms with Crippen molar-refractivity contribution in [2.24, 2.45) is 0 Å². The molecule has 0 aromatic carbocycles. The summed E-state index contributed by atoms with van der Waals surface area (Å²) in [6.07, 6.45) is 4.68. The number of hydrogen-bond acceptors (Lipinski definition) is 4. The summed E-state index contributed by atoms with van der Waals surface area (Å²) >= 11 is -1.25. The van der Waals surface area contributed by atoms with Gasteiger partial charge in [0.05, 0.1) is 16.0 Å². The zero-order valence-electron chi connectivity index (χ0n) is 14.3. The van der Waals surface area contributed by atoms with Crippen LogP contribution in [0.2, 0.25) is 0 Å². The molecule has 0 aromatic rings. The molecule has 1 atom stereocenters.